The number of hydrogen-bond donors (Lipinski definition) is 1. The topological polar surface area (TPSA) is 29.5 Å². The molecule has 0 aromatic rings. The van der Waals surface area contributed by atoms with E-state index in [9.17, 15) is 0 Å². The van der Waals surface area contributed by atoms with Gasteiger partial charge >= 0.3 is 0 Å². The summed E-state index contributed by atoms with van der Waals surface area (Å²) in [6.07, 6.45) is 8.91. The van der Waals surface area contributed by atoms with Crippen LogP contribution in [0.1, 0.15) is 32.6 Å². The van der Waals surface area contributed by atoms with Crippen molar-refractivity contribution in [1.82, 2.24) is 0 Å². The molecular formula is C11H20O2. The van der Waals surface area contributed by atoms with Crippen LogP contribution in [0.4, 0.5) is 0 Å². The smallest absolute Gasteiger partial charge is 0.0651 e. The van der Waals surface area contributed by atoms with Crippen molar-refractivity contribution in [3.8, 4) is 0 Å². The Bertz CT molecular complexity index is 154. The van der Waals surface area contributed by atoms with Gasteiger partial charge in [-0.25, -0.2) is 0 Å². The van der Waals surface area contributed by atoms with Crippen molar-refractivity contribution in [3.63, 3.8) is 0 Å². The van der Waals surface area contributed by atoms with Crippen LogP contribution in [0.2, 0.25) is 0 Å². The standard InChI is InChI=1S/C11H20O2/c1-10(5-4-7-12)9-11-6-2-3-8-13-11/h2-3,10-12H,4-9H2,1H3. The van der Waals surface area contributed by atoms with Gasteiger partial charge < -0.3 is 9.84 Å². The van der Waals surface area contributed by atoms with Crippen LogP contribution in [0.3, 0.4) is 0 Å². The Kier molecular flexibility index (Phi) is 5.09. The largest absolute Gasteiger partial charge is 0.396 e. The number of ether oxygens (including phenoxy) is 1. The summed E-state index contributed by atoms with van der Waals surface area (Å²) in [6.45, 7) is 3.32. The molecule has 0 saturated carbocycles. The molecule has 0 aromatic heterocycles. The molecule has 0 bridgehead atoms. The molecule has 0 radical (unpaired) electrons. The molecule has 2 unspecified atom stereocenters. The molecule has 0 spiro atoms. The fourth-order valence-electron chi connectivity index (χ4n) is 1.75. The highest BCUT2D eigenvalue weighted by molar-refractivity contribution is 4.89. The van der Waals surface area contributed by atoms with Crippen LogP contribution in [0.15, 0.2) is 12.2 Å². The summed E-state index contributed by atoms with van der Waals surface area (Å²) in [5, 5.41) is 8.68. The fraction of sp³-hybridized carbons (Fsp3) is 0.818. The average molecular weight is 184 g/mol. The zero-order valence-corrected chi connectivity index (χ0v) is 8.41. The van der Waals surface area contributed by atoms with E-state index in [1.54, 1.807) is 0 Å². The van der Waals surface area contributed by atoms with E-state index >= 15 is 0 Å². The Hall–Kier alpha value is -0.340. The summed E-state index contributed by atoms with van der Waals surface area (Å²) >= 11 is 0. The van der Waals surface area contributed by atoms with Crippen molar-refractivity contribution >= 4 is 0 Å². The maximum Gasteiger partial charge on any atom is 0.0651 e. The first-order valence-electron chi connectivity index (χ1n) is 5.20. The van der Waals surface area contributed by atoms with Gasteiger partial charge in [-0.1, -0.05) is 19.1 Å². The zero-order chi connectivity index (χ0) is 9.52. The van der Waals surface area contributed by atoms with Crippen molar-refractivity contribution in [1.29, 1.82) is 0 Å². The first-order valence-corrected chi connectivity index (χ1v) is 5.20. The van der Waals surface area contributed by atoms with Crippen LogP contribution < -0.4 is 0 Å². The molecule has 0 amide bonds. The lowest BCUT2D eigenvalue weighted by molar-refractivity contribution is 0.0493. The summed E-state index contributed by atoms with van der Waals surface area (Å²) in [7, 11) is 0. The van der Waals surface area contributed by atoms with Gasteiger partial charge in [0.1, 0.15) is 0 Å². The molecule has 1 heterocycles. The second kappa shape index (κ2) is 6.17. The Morgan fingerprint density at radius 2 is 2.38 bits per heavy atom. The molecule has 0 aliphatic carbocycles. The van der Waals surface area contributed by atoms with E-state index in [0.717, 1.165) is 32.3 Å². The van der Waals surface area contributed by atoms with Crippen LogP contribution in [0.5, 0.6) is 0 Å². The molecule has 1 aliphatic rings. The van der Waals surface area contributed by atoms with Gasteiger partial charge in [0.2, 0.25) is 0 Å². The molecule has 1 N–H and O–H groups in total. The van der Waals surface area contributed by atoms with E-state index in [2.05, 4.69) is 19.1 Å². The third-order valence-corrected chi connectivity index (χ3v) is 2.51. The molecule has 13 heavy (non-hydrogen) atoms. The van der Waals surface area contributed by atoms with Gasteiger partial charge in [-0.05, 0) is 31.6 Å². The first kappa shape index (κ1) is 10.7. The van der Waals surface area contributed by atoms with Gasteiger partial charge in [0.15, 0.2) is 0 Å². The Morgan fingerprint density at radius 1 is 1.54 bits per heavy atom. The lowest BCUT2D eigenvalue weighted by atomic mass is 9.96. The highest BCUT2D eigenvalue weighted by Crippen LogP contribution is 2.19. The molecule has 1 rings (SSSR count). The van der Waals surface area contributed by atoms with E-state index in [1.807, 2.05) is 0 Å². The third-order valence-electron chi connectivity index (χ3n) is 2.51. The van der Waals surface area contributed by atoms with E-state index < -0.39 is 0 Å². The minimum atomic E-state index is 0.315. The molecule has 0 saturated heterocycles. The van der Waals surface area contributed by atoms with Crippen LogP contribution in [-0.2, 0) is 4.74 Å². The Balaban J connectivity index is 2.11. The maximum absolute atomic E-state index is 8.68. The third kappa shape index (κ3) is 4.44. The van der Waals surface area contributed by atoms with Gasteiger partial charge in [0, 0.05) is 6.61 Å². The molecule has 1 aliphatic heterocycles. The Morgan fingerprint density at radius 3 is 3.00 bits per heavy atom. The molecular weight excluding hydrogens is 164 g/mol. The van der Waals surface area contributed by atoms with Gasteiger partial charge in [-0.2, -0.15) is 0 Å². The van der Waals surface area contributed by atoms with Crippen molar-refractivity contribution < 1.29 is 9.84 Å². The van der Waals surface area contributed by atoms with Crippen LogP contribution >= 0.6 is 0 Å². The molecule has 0 aromatic carbocycles. The number of aliphatic hydroxyl groups excluding tert-OH is 1. The van der Waals surface area contributed by atoms with E-state index in [1.165, 1.54) is 0 Å². The summed E-state index contributed by atoms with van der Waals surface area (Å²) in [5.74, 6) is 0.670. The normalized spacial score (nSPS) is 24.6. The second-order valence-corrected chi connectivity index (χ2v) is 3.87. The van der Waals surface area contributed by atoms with Gasteiger partial charge in [-0.15, -0.1) is 0 Å². The fourth-order valence-corrected chi connectivity index (χ4v) is 1.75. The van der Waals surface area contributed by atoms with Crippen molar-refractivity contribution in [2.45, 2.75) is 38.7 Å². The lowest BCUT2D eigenvalue weighted by Crippen LogP contribution is -2.18. The van der Waals surface area contributed by atoms with Gasteiger partial charge in [0.25, 0.3) is 0 Å². The highest BCUT2D eigenvalue weighted by Gasteiger charge is 2.13. The summed E-state index contributed by atoms with van der Waals surface area (Å²) in [5.41, 5.74) is 0. The van der Waals surface area contributed by atoms with E-state index in [-0.39, 0.29) is 0 Å². The monoisotopic (exact) mass is 184 g/mol. The lowest BCUT2D eigenvalue weighted by Gasteiger charge is -2.22. The van der Waals surface area contributed by atoms with Crippen LogP contribution in [-0.4, -0.2) is 24.4 Å². The molecule has 2 heteroatoms. The highest BCUT2D eigenvalue weighted by atomic mass is 16.5. The van der Waals surface area contributed by atoms with Gasteiger partial charge in [-0.3, -0.25) is 0 Å². The number of rotatable bonds is 5. The molecule has 2 nitrogen and oxygen atoms in total. The summed E-state index contributed by atoms with van der Waals surface area (Å²) in [4.78, 5) is 0. The minimum Gasteiger partial charge on any atom is -0.396 e. The molecule has 76 valence electrons. The molecule has 2 atom stereocenters. The zero-order valence-electron chi connectivity index (χ0n) is 8.41. The number of hydrogen-bond acceptors (Lipinski definition) is 2. The predicted molar refractivity (Wildman–Crippen MR) is 53.6 cm³/mol. The molecule has 0 fully saturated rings. The van der Waals surface area contributed by atoms with Crippen molar-refractivity contribution in [3.05, 3.63) is 12.2 Å². The average Bonchev–Trinajstić information content (AvgIpc) is 2.16. The Labute approximate surface area is 80.6 Å². The first-order chi connectivity index (χ1) is 6.33. The van der Waals surface area contributed by atoms with Gasteiger partial charge in [0.05, 0.1) is 12.7 Å². The van der Waals surface area contributed by atoms with E-state index in [0.29, 0.717) is 18.6 Å². The quantitative estimate of drug-likeness (QED) is 0.663. The summed E-state index contributed by atoms with van der Waals surface area (Å²) < 4.78 is 5.58. The maximum atomic E-state index is 8.68. The predicted octanol–water partition coefficient (Wildman–Crippen LogP) is 2.13. The van der Waals surface area contributed by atoms with Crippen molar-refractivity contribution in [2.75, 3.05) is 13.2 Å². The second-order valence-electron chi connectivity index (χ2n) is 3.87. The van der Waals surface area contributed by atoms with E-state index in [4.69, 9.17) is 9.84 Å². The minimum absolute atomic E-state index is 0.315. The number of aliphatic hydroxyl groups is 1. The van der Waals surface area contributed by atoms with Crippen molar-refractivity contribution in [2.24, 2.45) is 5.92 Å². The van der Waals surface area contributed by atoms with Crippen LogP contribution in [0, 0.1) is 5.92 Å². The SMILES string of the molecule is CC(CCCO)CC1CC=CCO1. The van der Waals surface area contributed by atoms with Crippen LogP contribution in [0.25, 0.3) is 0 Å². The summed E-state index contributed by atoms with van der Waals surface area (Å²) in [6, 6.07) is 0.